The lowest BCUT2D eigenvalue weighted by Gasteiger charge is -2.19. The molecule has 0 aliphatic rings. The van der Waals surface area contributed by atoms with E-state index in [1.165, 1.54) is 0 Å². The Morgan fingerprint density at radius 3 is 1.02 bits per heavy atom. The maximum Gasteiger partial charge on any atom is 0.332 e. The van der Waals surface area contributed by atoms with Crippen LogP contribution in [0.1, 0.15) is 53.4 Å². The zero-order valence-electron chi connectivity index (χ0n) is 28.9. The van der Waals surface area contributed by atoms with Crippen molar-refractivity contribution in [2.45, 2.75) is 59.0 Å². The summed E-state index contributed by atoms with van der Waals surface area (Å²) in [5.41, 5.74) is -0.513. The van der Waals surface area contributed by atoms with Gasteiger partial charge in [-0.3, -0.25) is 4.79 Å². The van der Waals surface area contributed by atoms with Gasteiger partial charge in [0, 0.05) is 6.42 Å². The maximum atomic E-state index is 11.5. The quantitative estimate of drug-likeness (QED) is 0.0711. The van der Waals surface area contributed by atoms with Crippen LogP contribution in [-0.4, -0.2) is 156 Å². The molecular formula is C32H62O14. The van der Waals surface area contributed by atoms with Crippen LogP contribution in [0, 0.1) is 0 Å². The maximum absolute atomic E-state index is 11.5. The largest absolute Gasteiger partial charge is 0.463 e. The first-order valence-corrected chi connectivity index (χ1v) is 16.5. The highest BCUT2D eigenvalue weighted by atomic mass is 16.6. The number of rotatable bonds is 36. The zero-order valence-corrected chi connectivity index (χ0v) is 28.9. The van der Waals surface area contributed by atoms with Crippen LogP contribution < -0.4 is 0 Å². The minimum atomic E-state index is -0.513. The molecule has 0 aromatic rings. The minimum absolute atomic E-state index is 0.0856. The monoisotopic (exact) mass is 670 g/mol. The summed E-state index contributed by atoms with van der Waals surface area (Å²) < 4.78 is 64.3. The highest BCUT2D eigenvalue weighted by Crippen LogP contribution is 2.06. The summed E-state index contributed by atoms with van der Waals surface area (Å²) in [4.78, 5) is 22.9. The van der Waals surface area contributed by atoms with Crippen molar-refractivity contribution in [1.29, 1.82) is 0 Å². The summed E-state index contributed by atoms with van der Waals surface area (Å²) in [6.07, 6.45) is 3.48. The summed E-state index contributed by atoms with van der Waals surface area (Å²) >= 11 is 0. The second-order valence-electron chi connectivity index (χ2n) is 10.8. The SMILES string of the molecule is CCCCCC(=O)OCCOCCOCCOCCOCCOCCOCCOCCOCCOCCOCC(=O)OC(C)(C)C. The molecule has 46 heavy (non-hydrogen) atoms. The van der Waals surface area contributed by atoms with Gasteiger partial charge in [-0.15, -0.1) is 0 Å². The molecule has 0 aromatic carbocycles. The van der Waals surface area contributed by atoms with E-state index in [1.54, 1.807) is 0 Å². The molecule has 0 amide bonds. The van der Waals surface area contributed by atoms with Gasteiger partial charge in [-0.25, -0.2) is 4.79 Å². The Labute approximate surface area is 276 Å². The summed E-state index contributed by atoms with van der Waals surface area (Å²) in [7, 11) is 0. The van der Waals surface area contributed by atoms with Gasteiger partial charge in [-0.05, 0) is 27.2 Å². The van der Waals surface area contributed by atoms with Crippen LogP contribution >= 0.6 is 0 Å². The number of carbonyl (C=O) groups excluding carboxylic acids is 2. The van der Waals surface area contributed by atoms with Crippen LogP contribution in [0.4, 0.5) is 0 Å². The Hall–Kier alpha value is -1.46. The second-order valence-corrected chi connectivity index (χ2v) is 10.8. The molecule has 0 N–H and O–H groups in total. The normalized spacial score (nSPS) is 11.7. The third kappa shape index (κ3) is 38.7. The Kier molecular flexibility index (Phi) is 33.8. The Morgan fingerprint density at radius 1 is 0.413 bits per heavy atom. The molecule has 0 heterocycles. The lowest BCUT2D eigenvalue weighted by Crippen LogP contribution is -2.27. The molecule has 0 aliphatic heterocycles. The van der Waals surface area contributed by atoms with Crippen LogP contribution in [0.25, 0.3) is 0 Å². The molecule has 0 spiro atoms. The molecule has 0 atom stereocenters. The van der Waals surface area contributed by atoms with Gasteiger partial charge < -0.3 is 56.8 Å². The first kappa shape index (κ1) is 44.5. The second kappa shape index (κ2) is 34.9. The van der Waals surface area contributed by atoms with E-state index in [4.69, 9.17) is 56.8 Å². The summed E-state index contributed by atoms with van der Waals surface area (Å²) in [6, 6.07) is 0. The van der Waals surface area contributed by atoms with Gasteiger partial charge in [0.25, 0.3) is 0 Å². The van der Waals surface area contributed by atoms with Crippen LogP contribution in [0.3, 0.4) is 0 Å². The Balaban J connectivity index is 3.12. The first-order chi connectivity index (χ1) is 22.3. The molecule has 274 valence electrons. The lowest BCUT2D eigenvalue weighted by molar-refractivity contribution is -0.160. The van der Waals surface area contributed by atoms with Gasteiger partial charge in [0.15, 0.2) is 0 Å². The van der Waals surface area contributed by atoms with Crippen molar-refractivity contribution >= 4 is 11.9 Å². The number of esters is 2. The van der Waals surface area contributed by atoms with Crippen molar-refractivity contribution < 1.29 is 66.4 Å². The topological polar surface area (TPSA) is 145 Å². The van der Waals surface area contributed by atoms with Crippen molar-refractivity contribution in [3.05, 3.63) is 0 Å². The van der Waals surface area contributed by atoms with Crippen LogP contribution in [0.5, 0.6) is 0 Å². The fraction of sp³-hybridized carbons (Fsp3) is 0.938. The molecule has 0 unspecified atom stereocenters. The van der Waals surface area contributed by atoms with Crippen LogP contribution in [0.2, 0.25) is 0 Å². The predicted octanol–water partition coefficient (Wildman–Crippen LogP) is 2.62. The zero-order chi connectivity index (χ0) is 33.8. The smallest absolute Gasteiger partial charge is 0.332 e. The number of unbranched alkanes of at least 4 members (excludes halogenated alkanes) is 2. The number of carbonyl (C=O) groups is 2. The van der Waals surface area contributed by atoms with E-state index in [0.717, 1.165) is 19.3 Å². The molecule has 0 saturated heterocycles. The van der Waals surface area contributed by atoms with Crippen LogP contribution in [-0.2, 0) is 66.4 Å². The van der Waals surface area contributed by atoms with E-state index in [1.807, 2.05) is 20.8 Å². The van der Waals surface area contributed by atoms with E-state index in [9.17, 15) is 9.59 Å². The van der Waals surface area contributed by atoms with Crippen molar-refractivity contribution in [2.75, 3.05) is 139 Å². The van der Waals surface area contributed by atoms with E-state index >= 15 is 0 Å². The molecular weight excluding hydrogens is 608 g/mol. The van der Waals surface area contributed by atoms with Crippen molar-refractivity contribution in [3.8, 4) is 0 Å². The summed E-state index contributed by atoms with van der Waals surface area (Å²) in [6.45, 7) is 16.4. The molecule has 0 fully saturated rings. The third-order valence-electron chi connectivity index (χ3n) is 5.46. The van der Waals surface area contributed by atoms with Gasteiger partial charge in [-0.1, -0.05) is 19.8 Å². The van der Waals surface area contributed by atoms with E-state index in [2.05, 4.69) is 6.92 Å². The summed E-state index contributed by atoms with van der Waals surface area (Å²) in [5.74, 6) is -0.552. The minimum Gasteiger partial charge on any atom is -0.463 e. The highest BCUT2D eigenvalue weighted by molar-refractivity contribution is 5.71. The average molecular weight is 671 g/mol. The third-order valence-corrected chi connectivity index (χ3v) is 5.46. The number of hydrogen-bond donors (Lipinski definition) is 0. The average Bonchev–Trinajstić information content (AvgIpc) is 3.01. The van der Waals surface area contributed by atoms with E-state index in [-0.39, 0.29) is 25.2 Å². The molecule has 0 saturated carbocycles. The standard InChI is InChI=1S/C32H62O14/c1-5-6-7-8-30(33)45-28-27-43-24-23-41-20-19-39-16-15-37-12-11-35-9-10-36-13-14-38-17-18-40-21-22-42-25-26-44-29-31(34)46-32(2,3)4/h5-29H2,1-4H3. The molecule has 0 aliphatic carbocycles. The van der Waals surface area contributed by atoms with Crippen molar-refractivity contribution in [2.24, 2.45) is 0 Å². The molecule has 0 bridgehead atoms. The van der Waals surface area contributed by atoms with Crippen LogP contribution in [0.15, 0.2) is 0 Å². The fourth-order valence-corrected chi connectivity index (χ4v) is 3.31. The molecule has 14 heteroatoms. The van der Waals surface area contributed by atoms with Crippen molar-refractivity contribution in [1.82, 2.24) is 0 Å². The molecule has 0 rings (SSSR count). The molecule has 0 aromatic heterocycles. The fourth-order valence-electron chi connectivity index (χ4n) is 3.31. The van der Waals surface area contributed by atoms with E-state index in [0.29, 0.717) is 132 Å². The number of ether oxygens (including phenoxy) is 12. The van der Waals surface area contributed by atoms with Gasteiger partial charge in [0.1, 0.15) is 18.8 Å². The highest BCUT2D eigenvalue weighted by Gasteiger charge is 2.15. The van der Waals surface area contributed by atoms with Gasteiger partial charge in [-0.2, -0.15) is 0 Å². The first-order valence-electron chi connectivity index (χ1n) is 16.5. The predicted molar refractivity (Wildman–Crippen MR) is 169 cm³/mol. The molecule has 14 nitrogen and oxygen atoms in total. The van der Waals surface area contributed by atoms with E-state index < -0.39 is 5.60 Å². The Bertz CT molecular complexity index is 659. The molecule has 0 radical (unpaired) electrons. The van der Waals surface area contributed by atoms with Gasteiger partial charge in [0.2, 0.25) is 0 Å². The Morgan fingerprint density at radius 2 is 0.717 bits per heavy atom. The summed E-state index contributed by atoms with van der Waals surface area (Å²) in [5, 5.41) is 0. The number of hydrogen-bond acceptors (Lipinski definition) is 14. The van der Waals surface area contributed by atoms with Gasteiger partial charge in [0.05, 0.1) is 126 Å². The van der Waals surface area contributed by atoms with Gasteiger partial charge >= 0.3 is 11.9 Å². The van der Waals surface area contributed by atoms with Crippen molar-refractivity contribution in [3.63, 3.8) is 0 Å². The lowest BCUT2D eigenvalue weighted by atomic mass is 10.2.